The van der Waals surface area contributed by atoms with E-state index in [9.17, 15) is 0 Å². The molecular weight excluding hydrogens is 231 g/mol. The van der Waals surface area contributed by atoms with Crippen molar-refractivity contribution in [3.05, 3.63) is 29.3 Å². The van der Waals surface area contributed by atoms with Gasteiger partial charge in [0, 0.05) is 18.3 Å². The van der Waals surface area contributed by atoms with Crippen molar-refractivity contribution in [1.82, 2.24) is 0 Å². The van der Waals surface area contributed by atoms with Crippen LogP contribution in [0.15, 0.2) is 18.2 Å². The van der Waals surface area contributed by atoms with Gasteiger partial charge >= 0.3 is 0 Å². The van der Waals surface area contributed by atoms with Gasteiger partial charge in [0.25, 0.3) is 0 Å². The summed E-state index contributed by atoms with van der Waals surface area (Å²) in [6.45, 7) is 3.15. The van der Waals surface area contributed by atoms with Gasteiger partial charge in [-0.3, -0.25) is 0 Å². The Hall–Kier alpha value is -0.440. The molecule has 1 aliphatic rings. The smallest absolute Gasteiger partial charge is 0.0388 e. The molecule has 1 atom stereocenters. The van der Waals surface area contributed by atoms with E-state index in [-0.39, 0.29) is 30.9 Å². The minimum atomic E-state index is 0. The van der Waals surface area contributed by atoms with E-state index < -0.39 is 0 Å². The number of benzene rings is 1. The summed E-state index contributed by atoms with van der Waals surface area (Å²) in [5.74, 6) is 0. The van der Waals surface area contributed by atoms with Gasteiger partial charge in [-0.05, 0) is 31.4 Å². The lowest BCUT2D eigenvalue weighted by Gasteiger charge is -2.12. The maximum atomic E-state index is 6.08. The Morgan fingerprint density at radius 3 is 2.80 bits per heavy atom. The van der Waals surface area contributed by atoms with Gasteiger partial charge in [-0.1, -0.05) is 17.7 Å². The van der Waals surface area contributed by atoms with Crippen LogP contribution < -0.4 is 11.1 Å². The molecule has 1 aromatic carbocycles. The predicted molar refractivity (Wildman–Crippen MR) is 70.3 cm³/mol. The van der Waals surface area contributed by atoms with E-state index in [1.165, 1.54) is 16.8 Å². The number of rotatable bonds is 0. The molecule has 1 aliphatic heterocycles. The summed E-state index contributed by atoms with van der Waals surface area (Å²) in [5.41, 5.74) is 9.86. The van der Waals surface area contributed by atoms with E-state index in [0.717, 1.165) is 19.4 Å². The second-order valence-corrected chi connectivity index (χ2v) is 3.77. The van der Waals surface area contributed by atoms with Crippen LogP contribution in [0.3, 0.4) is 0 Å². The Balaban J connectivity index is 0.000000980. The number of aryl methyl sites for hydroxylation is 1. The molecule has 86 valence electrons. The van der Waals surface area contributed by atoms with Gasteiger partial charge in [0.05, 0.1) is 0 Å². The molecule has 15 heavy (non-hydrogen) atoms. The number of fused-ring (bicyclic) bond motifs is 1. The molecule has 0 saturated carbocycles. The Bertz CT molecular complexity index is 315. The Morgan fingerprint density at radius 1 is 1.33 bits per heavy atom. The number of hydrogen-bond acceptors (Lipinski definition) is 2. The number of nitrogens with one attached hydrogen (secondary N) is 1. The third-order valence-corrected chi connectivity index (χ3v) is 2.61. The van der Waals surface area contributed by atoms with Crippen LogP contribution in [-0.4, -0.2) is 6.54 Å². The van der Waals surface area contributed by atoms with Crippen molar-refractivity contribution in [2.45, 2.75) is 25.8 Å². The maximum absolute atomic E-state index is 6.08. The molecule has 3 N–H and O–H groups in total. The molecule has 4 heteroatoms. The number of anilines is 1. The quantitative estimate of drug-likeness (QED) is 0.741. The van der Waals surface area contributed by atoms with Crippen molar-refractivity contribution in [2.24, 2.45) is 5.73 Å². The normalized spacial score (nSPS) is 18.7. The Labute approximate surface area is 103 Å². The van der Waals surface area contributed by atoms with Crippen LogP contribution in [0, 0.1) is 6.92 Å². The minimum Gasteiger partial charge on any atom is -0.385 e. The summed E-state index contributed by atoms with van der Waals surface area (Å²) < 4.78 is 0. The first-order chi connectivity index (χ1) is 6.27. The first-order valence-corrected chi connectivity index (χ1v) is 4.87. The summed E-state index contributed by atoms with van der Waals surface area (Å²) in [6, 6.07) is 6.67. The fraction of sp³-hybridized carbons (Fsp3) is 0.455. The monoisotopic (exact) mass is 248 g/mol. The van der Waals surface area contributed by atoms with E-state index in [1.807, 2.05) is 0 Å². The highest BCUT2D eigenvalue weighted by Gasteiger charge is 2.14. The van der Waals surface area contributed by atoms with Crippen molar-refractivity contribution in [3.63, 3.8) is 0 Å². The van der Waals surface area contributed by atoms with Crippen LogP contribution in [0.5, 0.6) is 0 Å². The minimum absolute atomic E-state index is 0. The largest absolute Gasteiger partial charge is 0.385 e. The number of nitrogens with two attached hydrogens (primary N) is 1. The van der Waals surface area contributed by atoms with Gasteiger partial charge in [-0.15, -0.1) is 24.8 Å². The standard InChI is InChI=1S/C11H16N2.2ClH/c1-8-4-5-11-9(7-8)10(12)3-2-6-13-11;;/h4-5,7,10,13H,2-3,6,12H2,1H3;2*1H. The lowest BCUT2D eigenvalue weighted by atomic mass is 10.0. The second-order valence-electron chi connectivity index (χ2n) is 3.77. The van der Waals surface area contributed by atoms with Crippen molar-refractivity contribution >= 4 is 30.5 Å². The van der Waals surface area contributed by atoms with E-state index in [0.29, 0.717) is 0 Å². The summed E-state index contributed by atoms with van der Waals surface area (Å²) in [7, 11) is 0. The van der Waals surface area contributed by atoms with Crippen molar-refractivity contribution in [3.8, 4) is 0 Å². The third kappa shape index (κ3) is 3.26. The first-order valence-electron chi connectivity index (χ1n) is 4.87. The molecule has 0 bridgehead atoms. The van der Waals surface area contributed by atoms with E-state index in [2.05, 4.69) is 30.4 Å². The molecule has 2 rings (SSSR count). The SMILES string of the molecule is Cc1ccc2c(c1)C(N)CCCN2.Cl.Cl. The van der Waals surface area contributed by atoms with E-state index in [1.54, 1.807) is 0 Å². The zero-order chi connectivity index (χ0) is 9.26. The van der Waals surface area contributed by atoms with Gasteiger partial charge in [-0.2, -0.15) is 0 Å². The summed E-state index contributed by atoms with van der Waals surface area (Å²) >= 11 is 0. The first kappa shape index (κ1) is 14.6. The summed E-state index contributed by atoms with van der Waals surface area (Å²) in [4.78, 5) is 0. The number of hydrogen-bond donors (Lipinski definition) is 2. The fourth-order valence-corrected chi connectivity index (χ4v) is 1.85. The predicted octanol–water partition coefficient (Wildman–Crippen LogP) is 3.04. The number of halogens is 2. The summed E-state index contributed by atoms with van der Waals surface area (Å²) in [6.07, 6.45) is 2.25. The molecule has 2 nitrogen and oxygen atoms in total. The highest BCUT2D eigenvalue weighted by Crippen LogP contribution is 2.28. The zero-order valence-electron chi connectivity index (χ0n) is 8.82. The van der Waals surface area contributed by atoms with Crippen LogP contribution >= 0.6 is 24.8 Å². The van der Waals surface area contributed by atoms with Gasteiger partial charge in [-0.25, -0.2) is 0 Å². The Kier molecular flexibility index (Phi) is 6.03. The van der Waals surface area contributed by atoms with E-state index >= 15 is 0 Å². The highest BCUT2D eigenvalue weighted by molar-refractivity contribution is 5.85. The molecule has 0 amide bonds. The molecule has 1 unspecified atom stereocenters. The average molecular weight is 249 g/mol. The molecule has 0 fully saturated rings. The molecule has 0 radical (unpaired) electrons. The van der Waals surface area contributed by atoms with Crippen molar-refractivity contribution in [2.75, 3.05) is 11.9 Å². The van der Waals surface area contributed by atoms with Crippen molar-refractivity contribution < 1.29 is 0 Å². The van der Waals surface area contributed by atoms with Crippen LogP contribution in [-0.2, 0) is 0 Å². The van der Waals surface area contributed by atoms with Gasteiger partial charge in [0.15, 0.2) is 0 Å². The summed E-state index contributed by atoms with van der Waals surface area (Å²) in [5, 5.41) is 3.40. The molecule has 0 aliphatic carbocycles. The third-order valence-electron chi connectivity index (χ3n) is 2.61. The zero-order valence-corrected chi connectivity index (χ0v) is 10.5. The molecule has 0 spiro atoms. The van der Waals surface area contributed by atoms with Crippen LogP contribution in [0.4, 0.5) is 5.69 Å². The second kappa shape index (κ2) is 6.21. The molecule has 1 heterocycles. The lowest BCUT2D eigenvalue weighted by molar-refractivity contribution is 0.642. The van der Waals surface area contributed by atoms with Crippen LogP contribution in [0.1, 0.15) is 30.0 Å². The molecular formula is C11H18Cl2N2. The molecule has 0 saturated heterocycles. The van der Waals surface area contributed by atoms with E-state index in [4.69, 9.17) is 5.73 Å². The topological polar surface area (TPSA) is 38.0 Å². The highest BCUT2D eigenvalue weighted by atomic mass is 35.5. The lowest BCUT2D eigenvalue weighted by Crippen LogP contribution is -2.09. The van der Waals surface area contributed by atoms with Crippen molar-refractivity contribution in [1.29, 1.82) is 0 Å². The van der Waals surface area contributed by atoms with Gasteiger partial charge < -0.3 is 11.1 Å². The Morgan fingerprint density at radius 2 is 2.07 bits per heavy atom. The van der Waals surface area contributed by atoms with Crippen LogP contribution in [0.2, 0.25) is 0 Å². The van der Waals surface area contributed by atoms with Crippen LogP contribution in [0.25, 0.3) is 0 Å². The average Bonchev–Trinajstić information content (AvgIpc) is 2.29. The van der Waals surface area contributed by atoms with Gasteiger partial charge in [0.2, 0.25) is 0 Å². The molecule has 1 aromatic rings. The fourth-order valence-electron chi connectivity index (χ4n) is 1.85. The maximum Gasteiger partial charge on any atom is 0.0388 e. The van der Waals surface area contributed by atoms with Gasteiger partial charge in [0.1, 0.15) is 0 Å². The molecule has 0 aromatic heterocycles.